The van der Waals surface area contributed by atoms with Gasteiger partial charge in [0.25, 0.3) is 5.56 Å². The number of benzene rings is 2. The van der Waals surface area contributed by atoms with Gasteiger partial charge in [-0.1, -0.05) is 17.7 Å². The number of nitrogens with zero attached hydrogens (tertiary/aromatic N) is 3. The lowest BCUT2D eigenvalue weighted by atomic mass is 10.1. The highest BCUT2D eigenvalue weighted by atomic mass is 35.5. The Morgan fingerprint density at radius 2 is 1.90 bits per heavy atom. The standard InChI is InChI=1S/C22H16ClF2N3O3/c1-12-22(16-8-14(23)3-6-19(16)27(12)11-21(30)31)18-5-7-20(29)28(26-18)10-13-2-4-15(24)9-17(13)25/h2-9H,10-11H2,1H3,(H,30,31). The molecule has 2 aromatic carbocycles. The average Bonchev–Trinajstić information content (AvgIpc) is 2.96. The number of rotatable bonds is 5. The van der Waals surface area contributed by atoms with Crippen LogP contribution in [-0.2, 0) is 17.9 Å². The molecule has 0 aliphatic heterocycles. The molecule has 31 heavy (non-hydrogen) atoms. The van der Waals surface area contributed by atoms with Gasteiger partial charge in [-0.15, -0.1) is 0 Å². The quantitative estimate of drug-likeness (QED) is 0.500. The van der Waals surface area contributed by atoms with Crippen LogP contribution < -0.4 is 5.56 Å². The number of hydrogen-bond donors (Lipinski definition) is 1. The summed E-state index contributed by atoms with van der Waals surface area (Å²) >= 11 is 6.17. The van der Waals surface area contributed by atoms with Crippen molar-refractivity contribution in [3.05, 3.63) is 86.8 Å². The summed E-state index contributed by atoms with van der Waals surface area (Å²) in [7, 11) is 0. The second-order valence-corrected chi connectivity index (χ2v) is 7.49. The lowest BCUT2D eigenvalue weighted by Gasteiger charge is -2.09. The number of aromatic nitrogens is 3. The normalized spacial score (nSPS) is 11.2. The molecule has 4 aromatic rings. The van der Waals surface area contributed by atoms with Crippen molar-refractivity contribution in [2.75, 3.05) is 0 Å². The highest BCUT2D eigenvalue weighted by Crippen LogP contribution is 2.35. The minimum Gasteiger partial charge on any atom is -0.480 e. The zero-order valence-corrected chi connectivity index (χ0v) is 17.0. The molecule has 2 aromatic heterocycles. The fourth-order valence-electron chi connectivity index (χ4n) is 3.62. The van der Waals surface area contributed by atoms with Crippen molar-refractivity contribution >= 4 is 28.5 Å². The Hall–Kier alpha value is -3.52. The largest absolute Gasteiger partial charge is 0.480 e. The van der Waals surface area contributed by atoms with E-state index >= 15 is 0 Å². The van der Waals surface area contributed by atoms with Gasteiger partial charge in [0.2, 0.25) is 0 Å². The maximum atomic E-state index is 14.1. The summed E-state index contributed by atoms with van der Waals surface area (Å²) < 4.78 is 30.0. The minimum atomic E-state index is -1.01. The number of halogens is 3. The number of carboxylic acids is 1. The van der Waals surface area contributed by atoms with Gasteiger partial charge in [0, 0.05) is 44.9 Å². The van der Waals surface area contributed by atoms with E-state index in [1.165, 1.54) is 18.2 Å². The first-order valence-electron chi connectivity index (χ1n) is 9.27. The Labute approximate surface area is 179 Å². The number of hydrogen-bond acceptors (Lipinski definition) is 3. The van der Waals surface area contributed by atoms with Crippen LogP contribution in [0.1, 0.15) is 11.3 Å². The summed E-state index contributed by atoms with van der Waals surface area (Å²) in [4.78, 5) is 23.7. The molecule has 2 heterocycles. The lowest BCUT2D eigenvalue weighted by molar-refractivity contribution is -0.137. The van der Waals surface area contributed by atoms with Crippen LogP contribution in [-0.4, -0.2) is 25.4 Å². The highest BCUT2D eigenvalue weighted by molar-refractivity contribution is 6.31. The number of carboxylic acid groups (broad SMARTS) is 1. The van der Waals surface area contributed by atoms with E-state index in [2.05, 4.69) is 5.10 Å². The predicted octanol–water partition coefficient (Wildman–Crippen LogP) is 4.24. The van der Waals surface area contributed by atoms with Crippen LogP contribution in [0, 0.1) is 18.6 Å². The van der Waals surface area contributed by atoms with E-state index in [0.717, 1.165) is 16.8 Å². The first kappa shape index (κ1) is 20.7. The topological polar surface area (TPSA) is 77.1 Å². The van der Waals surface area contributed by atoms with Crippen LogP contribution in [0.4, 0.5) is 8.78 Å². The average molecular weight is 444 g/mol. The second-order valence-electron chi connectivity index (χ2n) is 7.05. The van der Waals surface area contributed by atoms with Crippen molar-refractivity contribution in [3.63, 3.8) is 0 Å². The molecule has 0 atom stereocenters. The summed E-state index contributed by atoms with van der Waals surface area (Å²) in [5.74, 6) is -2.50. The molecule has 0 saturated carbocycles. The molecule has 9 heteroatoms. The Morgan fingerprint density at radius 3 is 2.61 bits per heavy atom. The van der Waals surface area contributed by atoms with Crippen LogP contribution >= 0.6 is 11.6 Å². The molecule has 1 N–H and O–H groups in total. The van der Waals surface area contributed by atoms with E-state index in [9.17, 15) is 23.5 Å². The molecule has 0 spiro atoms. The summed E-state index contributed by atoms with van der Waals surface area (Å²) in [5, 5.41) is 14.8. The van der Waals surface area contributed by atoms with Gasteiger partial charge in [0.05, 0.1) is 12.2 Å². The number of aliphatic carboxylic acids is 1. The summed E-state index contributed by atoms with van der Waals surface area (Å²) in [6.07, 6.45) is 0. The van der Waals surface area contributed by atoms with Crippen molar-refractivity contribution in [2.45, 2.75) is 20.0 Å². The molecule has 0 bridgehead atoms. The molecule has 0 radical (unpaired) electrons. The van der Waals surface area contributed by atoms with Gasteiger partial charge in [-0.3, -0.25) is 9.59 Å². The molecule has 158 valence electrons. The molecule has 0 aliphatic rings. The fraction of sp³-hybridized carbons (Fsp3) is 0.136. The van der Waals surface area contributed by atoms with Crippen LogP contribution in [0.2, 0.25) is 5.02 Å². The van der Waals surface area contributed by atoms with Gasteiger partial charge in [-0.2, -0.15) is 5.10 Å². The Balaban J connectivity index is 1.88. The van der Waals surface area contributed by atoms with Gasteiger partial charge in [0.1, 0.15) is 18.2 Å². The third-order valence-corrected chi connectivity index (χ3v) is 5.27. The molecular weight excluding hydrogens is 428 g/mol. The molecule has 4 rings (SSSR count). The third-order valence-electron chi connectivity index (χ3n) is 5.04. The summed E-state index contributed by atoms with van der Waals surface area (Å²) in [5.41, 5.74) is 1.95. The van der Waals surface area contributed by atoms with E-state index < -0.39 is 23.2 Å². The molecule has 0 aliphatic carbocycles. The zero-order valence-electron chi connectivity index (χ0n) is 16.3. The van der Waals surface area contributed by atoms with E-state index in [0.29, 0.717) is 32.9 Å². The maximum absolute atomic E-state index is 14.1. The van der Waals surface area contributed by atoms with Crippen molar-refractivity contribution in [1.82, 2.24) is 14.3 Å². The smallest absolute Gasteiger partial charge is 0.323 e. The van der Waals surface area contributed by atoms with E-state index in [1.807, 2.05) is 0 Å². The second kappa shape index (κ2) is 7.96. The van der Waals surface area contributed by atoms with Gasteiger partial charge in [0.15, 0.2) is 0 Å². The van der Waals surface area contributed by atoms with Crippen molar-refractivity contribution in [1.29, 1.82) is 0 Å². The Kier molecular flexibility index (Phi) is 5.32. The minimum absolute atomic E-state index is 0.112. The van der Waals surface area contributed by atoms with Crippen molar-refractivity contribution in [2.24, 2.45) is 0 Å². The molecular formula is C22H16ClF2N3O3. The maximum Gasteiger partial charge on any atom is 0.323 e. The fourth-order valence-corrected chi connectivity index (χ4v) is 3.80. The number of fused-ring (bicyclic) bond motifs is 1. The first-order valence-corrected chi connectivity index (χ1v) is 9.65. The van der Waals surface area contributed by atoms with Gasteiger partial charge < -0.3 is 9.67 Å². The highest BCUT2D eigenvalue weighted by Gasteiger charge is 2.19. The monoisotopic (exact) mass is 443 g/mol. The van der Waals surface area contributed by atoms with E-state index in [4.69, 9.17) is 11.6 Å². The molecule has 0 amide bonds. The SMILES string of the molecule is Cc1c(-c2ccc(=O)n(Cc3ccc(F)cc3F)n2)c2cc(Cl)ccc2n1CC(=O)O. The Bertz CT molecular complexity index is 1400. The first-order chi connectivity index (χ1) is 14.7. The predicted molar refractivity (Wildman–Crippen MR) is 112 cm³/mol. The van der Waals surface area contributed by atoms with E-state index in [-0.39, 0.29) is 18.7 Å². The van der Waals surface area contributed by atoms with Crippen LogP contribution in [0.25, 0.3) is 22.2 Å². The van der Waals surface area contributed by atoms with Crippen LogP contribution in [0.5, 0.6) is 0 Å². The molecule has 0 fully saturated rings. The Morgan fingerprint density at radius 1 is 1.13 bits per heavy atom. The zero-order chi connectivity index (χ0) is 22.3. The van der Waals surface area contributed by atoms with Gasteiger partial charge >= 0.3 is 5.97 Å². The van der Waals surface area contributed by atoms with Crippen molar-refractivity contribution < 1.29 is 18.7 Å². The third kappa shape index (κ3) is 3.94. The molecule has 0 unspecified atom stereocenters. The van der Waals surface area contributed by atoms with Crippen LogP contribution in [0.3, 0.4) is 0 Å². The number of carbonyl (C=O) groups is 1. The van der Waals surface area contributed by atoms with Crippen LogP contribution in [0.15, 0.2) is 53.3 Å². The van der Waals surface area contributed by atoms with Gasteiger partial charge in [-0.25, -0.2) is 13.5 Å². The van der Waals surface area contributed by atoms with Crippen molar-refractivity contribution in [3.8, 4) is 11.3 Å². The summed E-state index contributed by atoms with van der Waals surface area (Å²) in [6.45, 7) is 1.31. The summed E-state index contributed by atoms with van der Waals surface area (Å²) in [6, 6.07) is 11.0. The molecule has 0 saturated heterocycles. The molecule has 6 nitrogen and oxygen atoms in total. The van der Waals surface area contributed by atoms with E-state index in [1.54, 1.807) is 29.7 Å². The lowest BCUT2D eigenvalue weighted by Crippen LogP contribution is -2.23. The van der Waals surface area contributed by atoms with Gasteiger partial charge in [-0.05, 0) is 37.3 Å².